The molecule has 2 nitrogen and oxygen atoms in total. The number of hydrogen-bond acceptors (Lipinski definition) is 2. The third-order valence-corrected chi connectivity index (χ3v) is 2.90. The normalized spacial score (nSPS) is 13.2. The van der Waals surface area contributed by atoms with E-state index in [9.17, 15) is 18.0 Å². The summed E-state index contributed by atoms with van der Waals surface area (Å²) in [5, 5.41) is -1.14. The molecule has 1 rings (SSSR count). The second-order valence-corrected chi connectivity index (χ2v) is 4.15. The second kappa shape index (κ2) is 5.61. The first kappa shape index (κ1) is 14.8. The van der Waals surface area contributed by atoms with Gasteiger partial charge in [-0.15, -0.1) is 24.8 Å². The summed E-state index contributed by atoms with van der Waals surface area (Å²) in [6, 6.07) is 4.42. The van der Waals surface area contributed by atoms with E-state index in [4.69, 9.17) is 11.6 Å². The molecule has 0 bridgehead atoms. The molecule has 0 aliphatic heterocycles. The van der Waals surface area contributed by atoms with Crippen LogP contribution in [-0.4, -0.2) is 12.1 Å². The van der Waals surface area contributed by atoms with E-state index in [2.05, 4.69) is 4.74 Å². The predicted molar refractivity (Wildman–Crippen MR) is 61.8 cm³/mol. The van der Waals surface area contributed by atoms with Crippen LogP contribution in [0.15, 0.2) is 18.2 Å². The molecule has 6 heteroatoms. The summed E-state index contributed by atoms with van der Waals surface area (Å²) in [5.74, 6) is -0.806. The van der Waals surface area contributed by atoms with Gasteiger partial charge in [0.05, 0.1) is 0 Å². The third kappa shape index (κ3) is 3.63. The van der Waals surface area contributed by atoms with Gasteiger partial charge in [0.1, 0.15) is 11.1 Å². The molecule has 1 atom stereocenters. The summed E-state index contributed by atoms with van der Waals surface area (Å²) in [6.07, 6.45) is -4.46. The molecule has 0 N–H and O–H groups in total. The average Bonchev–Trinajstić information content (AvgIpc) is 2.26. The van der Waals surface area contributed by atoms with Crippen LogP contribution in [0.3, 0.4) is 0 Å². The summed E-state index contributed by atoms with van der Waals surface area (Å²) in [7, 11) is 0. The van der Waals surface area contributed by atoms with Crippen molar-refractivity contribution in [2.24, 2.45) is 0 Å². The number of halogens is 4. The van der Waals surface area contributed by atoms with Gasteiger partial charge in [-0.1, -0.05) is 25.1 Å². The van der Waals surface area contributed by atoms with Crippen LogP contribution in [0, 0.1) is 0 Å². The minimum atomic E-state index is -4.81. The minimum absolute atomic E-state index is 0.0424. The zero-order valence-corrected chi connectivity index (χ0v) is 10.6. The Morgan fingerprint density at radius 3 is 2.50 bits per heavy atom. The van der Waals surface area contributed by atoms with Gasteiger partial charge in [-0.05, 0) is 18.9 Å². The first-order valence-corrected chi connectivity index (χ1v) is 5.72. The van der Waals surface area contributed by atoms with E-state index in [0.717, 1.165) is 0 Å². The van der Waals surface area contributed by atoms with Crippen molar-refractivity contribution in [2.45, 2.75) is 32.0 Å². The Kier molecular flexibility index (Phi) is 4.62. The molecule has 0 aliphatic rings. The maximum Gasteiger partial charge on any atom is 0.573 e. The third-order valence-electron chi connectivity index (χ3n) is 2.36. The number of hydrogen-bond donors (Lipinski definition) is 0. The maximum absolute atomic E-state index is 12.4. The molecule has 1 aromatic rings. The Labute approximate surface area is 108 Å². The summed E-state index contributed by atoms with van der Waals surface area (Å²) in [5.41, 5.74) is 0.401. The van der Waals surface area contributed by atoms with Crippen molar-refractivity contribution in [3.8, 4) is 5.75 Å². The number of Topliss-reactive ketones (excluding diaryl/α,β-unsaturated/α-hetero) is 1. The average molecular weight is 281 g/mol. The van der Waals surface area contributed by atoms with Crippen molar-refractivity contribution in [1.82, 2.24) is 0 Å². The number of carbonyl (C=O) groups is 1. The van der Waals surface area contributed by atoms with Crippen LogP contribution in [0.5, 0.6) is 5.75 Å². The number of ketones is 1. The molecule has 0 spiro atoms. The first-order chi connectivity index (χ1) is 8.26. The number of para-hydroxylation sites is 1. The summed E-state index contributed by atoms with van der Waals surface area (Å²) in [4.78, 5) is 11.2. The van der Waals surface area contributed by atoms with E-state index in [1.807, 2.05) is 0 Å². The molecule has 0 fully saturated rings. The van der Waals surface area contributed by atoms with Crippen LogP contribution in [0.25, 0.3) is 0 Å². The Bertz CT molecular complexity index is 443. The van der Waals surface area contributed by atoms with Crippen LogP contribution in [0.2, 0.25) is 0 Å². The lowest BCUT2D eigenvalue weighted by molar-refractivity contribution is -0.275. The van der Waals surface area contributed by atoms with Gasteiger partial charge >= 0.3 is 6.36 Å². The van der Waals surface area contributed by atoms with Gasteiger partial charge in [0.25, 0.3) is 0 Å². The maximum atomic E-state index is 12.4. The standard InChI is InChI=1S/C12H12ClF3O2/c1-3-8-5-4-6-9(10(13)7(2)17)11(8)18-12(14,15)16/h4-6,10H,3H2,1-2H3. The number of alkyl halides is 4. The molecule has 1 unspecified atom stereocenters. The highest BCUT2D eigenvalue weighted by Crippen LogP contribution is 2.36. The van der Waals surface area contributed by atoms with Crippen molar-refractivity contribution >= 4 is 17.4 Å². The molecule has 100 valence electrons. The summed E-state index contributed by atoms with van der Waals surface area (Å²) >= 11 is 5.81. The number of benzene rings is 1. The van der Waals surface area contributed by atoms with E-state index in [1.165, 1.54) is 19.1 Å². The molecule has 1 aromatic carbocycles. The van der Waals surface area contributed by atoms with Gasteiger partial charge in [0.2, 0.25) is 0 Å². The number of carbonyl (C=O) groups excluding carboxylic acids is 1. The molecule has 0 saturated heterocycles. The molecular weight excluding hydrogens is 269 g/mol. The van der Waals surface area contributed by atoms with Crippen molar-refractivity contribution in [3.05, 3.63) is 29.3 Å². The van der Waals surface area contributed by atoms with Crippen LogP contribution in [0.1, 0.15) is 30.4 Å². The fourth-order valence-corrected chi connectivity index (χ4v) is 1.71. The number of rotatable bonds is 4. The highest BCUT2D eigenvalue weighted by atomic mass is 35.5. The van der Waals surface area contributed by atoms with E-state index in [0.29, 0.717) is 12.0 Å². The van der Waals surface area contributed by atoms with Crippen LogP contribution < -0.4 is 4.74 Å². The second-order valence-electron chi connectivity index (χ2n) is 3.71. The summed E-state index contributed by atoms with van der Waals surface area (Å²) < 4.78 is 41.0. The van der Waals surface area contributed by atoms with E-state index >= 15 is 0 Å². The van der Waals surface area contributed by atoms with Crippen LogP contribution >= 0.6 is 11.6 Å². The molecule has 0 amide bonds. The lowest BCUT2D eigenvalue weighted by Gasteiger charge is -2.18. The lowest BCUT2D eigenvalue weighted by atomic mass is 10.0. The molecule has 0 saturated carbocycles. The topological polar surface area (TPSA) is 26.3 Å². The Morgan fingerprint density at radius 1 is 1.44 bits per heavy atom. The first-order valence-electron chi connectivity index (χ1n) is 5.28. The highest BCUT2D eigenvalue weighted by molar-refractivity contribution is 6.31. The number of aryl methyl sites for hydroxylation is 1. The van der Waals surface area contributed by atoms with Gasteiger partial charge in [-0.25, -0.2) is 0 Å². The minimum Gasteiger partial charge on any atom is -0.405 e. The Hall–Kier alpha value is -1.23. The lowest BCUT2D eigenvalue weighted by Crippen LogP contribution is -2.20. The molecule has 0 aliphatic carbocycles. The van der Waals surface area contributed by atoms with E-state index < -0.39 is 17.5 Å². The van der Waals surface area contributed by atoms with Crippen molar-refractivity contribution in [1.29, 1.82) is 0 Å². The zero-order chi connectivity index (χ0) is 13.9. The monoisotopic (exact) mass is 280 g/mol. The van der Waals surface area contributed by atoms with Gasteiger partial charge in [-0.3, -0.25) is 4.79 Å². The highest BCUT2D eigenvalue weighted by Gasteiger charge is 2.34. The number of ether oxygens (including phenoxy) is 1. The predicted octanol–water partition coefficient (Wildman–Crippen LogP) is 4.02. The quantitative estimate of drug-likeness (QED) is 0.779. The molecule has 0 radical (unpaired) electrons. The van der Waals surface area contributed by atoms with E-state index in [-0.39, 0.29) is 11.3 Å². The fourth-order valence-electron chi connectivity index (χ4n) is 1.54. The van der Waals surface area contributed by atoms with Crippen molar-refractivity contribution in [3.63, 3.8) is 0 Å². The SMILES string of the molecule is CCc1cccc(C(Cl)C(C)=O)c1OC(F)(F)F. The van der Waals surface area contributed by atoms with Gasteiger partial charge in [-0.2, -0.15) is 0 Å². The Balaban J connectivity index is 3.29. The zero-order valence-electron chi connectivity index (χ0n) is 9.84. The van der Waals surface area contributed by atoms with Gasteiger partial charge in [0, 0.05) is 5.56 Å². The van der Waals surface area contributed by atoms with Gasteiger partial charge in [0.15, 0.2) is 5.78 Å². The Morgan fingerprint density at radius 2 is 2.06 bits per heavy atom. The van der Waals surface area contributed by atoms with Crippen molar-refractivity contribution < 1.29 is 22.7 Å². The summed E-state index contributed by atoms with van der Waals surface area (Å²) in [6.45, 7) is 2.91. The van der Waals surface area contributed by atoms with Gasteiger partial charge < -0.3 is 4.74 Å². The fraction of sp³-hybridized carbons (Fsp3) is 0.417. The van der Waals surface area contributed by atoms with E-state index in [1.54, 1.807) is 13.0 Å². The molecule has 18 heavy (non-hydrogen) atoms. The van der Waals surface area contributed by atoms with Crippen LogP contribution in [0.4, 0.5) is 13.2 Å². The largest absolute Gasteiger partial charge is 0.573 e. The smallest absolute Gasteiger partial charge is 0.405 e. The van der Waals surface area contributed by atoms with Crippen molar-refractivity contribution in [2.75, 3.05) is 0 Å². The van der Waals surface area contributed by atoms with Crippen LogP contribution in [-0.2, 0) is 11.2 Å². The molecule has 0 heterocycles. The molecular formula is C12H12ClF3O2. The molecule has 0 aromatic heterocycles.